The number of benzene rings is 4. The zero-order valence-corrected chi connectivity index (χ0v) is 26.0. The van der Waals surface area contributed by atoms with Crippen LogP contribution in [-0.4, -0.2) is 36.3 Å². The second-order valence-electron chi connectivity index (χ2n) is 9.69. The number of methoxy groups -OCH3 is 1. The average Bonchev–Trinajstić information content (AvgIpc) is 3.43. The van der Waals surface area contributed by atoms with E-state index in [0.29, 0.717) is 31.9 Å². The van der Waals surface area contributed by atoms with Gasteiger partial charge >= 0.3 is 0 Å². The summed E-state index contributed by atoms with van der Waals surface area (Å²) in [4.78, 5) is 25.1. The third-order valence-corrected chi connectivity index (χ3v) is 7.44. The summed E-state index contributed by atoms with van der Waals surface area (Å²) in [6.07, 6.45) is 1.50. The Balaban J connectivity index is 1.21. The van der Waals surface area contributed by atoms with Crippen LogP contribution in [0, 0.1) is 16.3 Å². The number of anilines is 1. The number of aryl methyl sites for hydroxylation is 1. The molecular formula is C34H28FIN4O4. The SMILES string of the molecule is COc1cc(/C=N/NC(=O)c2ccc(-n3c(C)ccc3-c3ccccc3)cc2)cc(I)c1OCC(=O)Nc1ccc(F)cc1. The summed E-state index contributed by atoms with van der Waals surface area (Å²) in [5, 5.41) is 6.76. The largest absolute Gasteiger partial charge is 0.493 e. The summed E-state index contributed by atoms with van der Waals surface area (Å²) in [5.74, 6) is -0.371. The van der Waals surface area contributed by atoms with Gasteiger partial charge in [0.1, 0.15) is 5.82 Å². The van der Waals surface area contributed by atoms with Gasteiger partial charge in [0, 0.05) is 22.6 Å². The molecule has 0 atom stereocenters. The Hall–Kier alpha value is -4.97. The Kier molecular flexibility index (Phi) is 9.70. The monoisotopic (exact) mass is 702 g/mol. The zero-order chi connectivity index (χ0) is 31.1. The van der Waals surface area contributed by atoms with Crippen molar-refractivity contribution in [3.63, 3.8) is 0 Å². The predicted molar refractivity (Wildman–Crippen MR) is 177 cm³/mol. The second kappa shape index (κ2) is 14.0. The number of rotatable bonds is 10. The van der Waals surface area contributed by atoms with Crippen molar-refractivity contribution >= 4 is 46.3 Å². The number of nitrogens with zero attached hydrogens (tertiary/aromatic N) is 2. The molecule has 2 amide bonds. The summed E-state index contributed by atoms with van der Waals surface area (Å²) < 4.78 is 27.1. The summed E-state index contributed by atoms with van der Waals surface area (Å²) in [7, 11) is 1.49. The number of carbonyl (C=O) groups excluding carboxylic acids is 2. The predicted octanol–water partition coefficient (Wildman–Crippen LogP) is 6.99. The van der Waals surface area contributed by atoms with E-state index >= 15 is 0 Å². The van der Waals surface area contributed by atoms with Crippen LogP contribution in [0.15, 0.2) is 108 Å². The molecule has 0 aliphatic carbocycles. The molecule has 0 unspecified atom stereocenters. The molecule has 2 N–H and O–H groups in total. The van der Waals surface area contributed by atoms with Crippen molar-refractivity contribution in [3.05, 3.63) is 129 Å². The standard InChI is InChI=1S/C34H28FIN4O4/c1-22-8-17-30(24-6-4-3-5-7-24)40(22)28-15-9-25(10-16-28)34(42)39-37-20-23-18-29(36)33(31(19-23)43-2)44-21-32(41)38-27-13-11-26(35)12-14-27/h3-20H,21H2,1-2H3,(H,38,41)(H,39,42)/b37-20+. The van der Waals surface area contributed by atoms with Crippen LogP contribution >= 0.6 is 22.6 Å². The fourth-order valence-electron chi connectivity index (χ4n) is 4.53. The summed E-state index contributed by atoms with van der Waals surface area (Å²) in [5.41, 5.74) is 8.34. The lowest BCUT2D eigenvalue weighted by molar-refractivity contribution is -0.118. The number of ether oxygens (including phenoxy) is 2. The van der Waals surface area contributed by atoms with Crippen LogP contribution in [0.3, 0.4) is 0 Å². The minimum Gasteiger partial charge on any atom is -0.493 e. The molecule has 0 spiro atoms. The molecule has 0 saturated carbocycles. The third-order valence-electron chi connectivity index (χ3n) is 6.64. The molecule has 1 heterocycles. The Labute approximate surface area is 267 Å². The van der Waals surface area contributed by atoms with Gasteiger partial charge in [0.25, 0.3) is 11.8 Å². The first-order valence-electron chi connectivity index (χ1n) is 13.6. The van der Waals surface area contributed by atoms with Crippen molar-refractivity contribution in [2.24, 2.45) is 5.10 Å². The van der Waals surface area contributed by atoms with Gasteiger partial charge in [0.2, 0.25) is 0 Å². The maximum atomic E-state index is 13.1. The molecule has 0 saturated heterocycles. The van der Waals surface area contributed by atoms with Gasteiger partial charge in [-0.2, -0.15) is 5.10 Å². The van der Waals surface area contributed by atoms with Crippen molar-refractivity contribution in [3.8, 4) is 28.4 Å². The van der Waals surface area contributed by atoms with Crippen molar-refractivity contribution < 1.29 is 23.5 Å². The minimum atomic E-state index is -0.407. The minimum absolute atomic E-state index is 0.274. The maximum Gasteiger partial charge on any atom is 0.271 e. The number of amides is 2. The van der Waals surface area contributed by atoms with Crippen LogP contribution in [0.1, 0.15) is 21.6 Å². The van der Waals surface area contributed by atoms with Gasteiger partial charge in [-0.05, 0) is 113 Å². The Morgan fingerprint density at radius 3 is 2.39 bits per heavy atom. The number of carbonyl (C=O) groups is 2. The Bertz CT molecular complexity index is 1800. The number of nitrogens with one attached hydrogen (secondary N) is 2. The molecule has 222 valence electrons. The van der Waals surface area contributed by atoms with E-state index in [4.69, 9.17) is 9.47 Å². The molecule has 0 bridgehead atoms. The smallest absolute Gasteiger partial charge is 0.271 e. The highest BCUT2D eigenvalue weighted by molar-refractivity contribution is 14.1. The van der Waals surface area contributed by atoms with E-state index in [0.717, 1.165) is 22.6 Å². The molecule has 0 radical (unpaired) electrons. The number of halogens is 2. The van der Waals surface area contributed by atoms with Gasteiger partial charge in [-0.1, -0.05) is 30.3 Å². The lowest BCUT2D eigenvalue weighted by Gasteiger charge is -2.13. The van der Waals surface area contributed by atoms with Crippen LogP contribution in [0.4, 0.5) is 10.1 Å². The molecule has 1 aromatic heterocycles. The topological polar surface area (TPSA) is 93.9 Å². The van der Waals surface area contributed by atoms with Gasteiger partial charge in [-0.25, -0.2) is 9.82 Å². The highest BCUT2D eigenvalue weighted by Crippen LogP contribution is 2.33. The molecule has 0 fully saturated rings. The van der Waals surface area contributed by atoms with E-state index < -0.39 is 11.7 Å². The number of hydrogen-bond donors (Lipinski definition) is 2. The van der Waals surface area contributed by atoms with Crippen LogP contribution in [0.5, 0.6) is 11.5 Å². The van der Waals surface area contributed by atoms with E-state index in [1.165, 1.54) is 37.6 Å². The molecule has 10 heteroatoms. The molecular weight excluding hydrogens is 674 g/mol. The summed E-state index contributed by atoms with van der Waals surface area (Å²) in [6, 6.07) is 30.5. The Morgan fingerprint density at radius 1 is 0.955 bits per heavy atom. The van der Waals surface area contributed by atoms with Crippen LogP contribution in [-0.2, 0) is 4.79 Å². The van der Waals surface area contributed by atoms with E-state index in [2.05, 4.69) is 67.3 Å². The highest BCUT2D eigenvalue weighted by atomic mass is 127. The van der Waals surface area contributed by atoms with Gasteiger partial charge in [-0.15, -0.1) is 0 Å². The van der Waals surface area contributed by atoms with Crippen molar-refractivity contribution in [2.75, 3.05) is 19.0 Å². The fourth-order valence-corrected chi connectivity index (χ4v) is 5.31. The van der Waals surface area contributed by atoms with Gasteiger partial charge < -0.3 is 19.4 Å². The molecule has 5 rings (SSSR count). The van der Waals surface area contributed by atoms with E-state index in [9.17, 15) is 14.0 Å². The number of hydrogen-bond acceptors (Lipinski definition) is 5. The number of hydrazone groups is 1. The van der Waals surface area contributed by atoms with E-state index in [1.807, 2.05) is 37.3 Å². The first-order chi connectivity index (χ1) is 21.3. The molecule has 8 nitrogen and oxygen atoms in total. The van der Waals surface area contributed by atoms with E-state index in [1.54, 1.807) is 24.3 Å². The Morgan fingerprint density at radius 2 is 1.68 bits per heavy atom. The third kappa shape index (κ3) is 7.32. The van der Waals surface area contributed by atoms with Crippen LogP contribution in [0.2, 0.25) is 0 Å². The number of aromatic nitrogens is 1. The second-order valence-corrected chi connectivity index (χ2v) is 10.8. The van der Waals surface area contributed by atoms with E-state index in [-0.39, 0.29) is 12.5 Å². The van der Waals surface area contributed by atoms with Crippen molar-refractivity contribution in [1.82, 2.24) is 9.99 Å². The fraction of sp³-hybridized carbons (Fsp3) is 0.0882. The summed E-state index contributed by atoms with van der Waals surface area (Å²) in [6.45, 7) is 1.77. The maximum absolute atomic E-state index is 13.1. The first-order valence-corrected chi connectivity index (χ1v) is 14.6. The molecule has 4 aromatic carbocycles. The van der Waals surface area contributed by atoms with Gasteiger partial charge in [0.15, 0.2) is 18.1 Å². The first kappa shape index (κ1) is 30.5. The molecule has 44 heavy (non-hydrogen) atoms. The normalized spacial score (nSPS) is 10.9. The van der Waals surface area contributed by atoms with Crippen molar-refractivity contribution in [1.29, 1.82) is 0 Å². The quantitative estimate of drug-likeness (QED) is 0.0933. The average molecular weight is 703 g/mol. The molecule has 5 aromatic rings. The molecule has 0 aliphatic rings. The zero-order valence-electron chi connectivity index (χ0n) is 23.9. The lowest BCUT2D eigenvalue weighted by atomic mass is 10.1. The molecule has 0 aliphatic heterocycles. The van der Waals surface area contributed by atoms with Gasteiger partial charge in [0.05, 0.1) is 22.6 Å². The highest BCUT2D eigenvalue weighted by Gasteiger charge is 2.14. The summed E-state index contributed by atoms with van der Waals surface area (Å²) >= 11 is 2.07. The van der Waals surface area contributed by atoms with Crippen LogP contribution < -0.4 is 20.2 Å². The lowest BCUT2D eigenvalue weighted by Crippen LogP contribution is -2.20. The van der Waals surface area contributed by atoms with Crippen molar-refractivity contribution in [2.45, 2.75) is 6.92 Å². The van der Waals surface area contributed by atoms with Crippen LogP contribution in [0.25, 0.3) is 16.9 Å². The van der Waals surface area contributed by atoms with Gasteiger partial charge in [-0.3, -0.25) is 9.59 Å².